The van der Waals surface area contributed by atoms with Crippen molar-refractivity contribution in [3.63, 3.8) is 0 Å². The maximum atomic E-state index is 13.9. The minimum Gasteiger partial charge on any atom is -0.460 e. The number of nitrogens with zero attached hydrogens (tertiary/aromatic N) is 3. The fourth-order valence-electron chi connectivity index (χ4n) is 3.85. The largest absolute Gasteiger partial charge is 0.460 e. The molecule has 1 aliphatic heterocycles. The topological polar surface area (TPSA) is 75.5 Å². The van der Waals surface area contributed by atoms with Gasteiger partial charge in [0.25, 0.3) is 0 Å². The summed E-state index contributed by atoms with van der Waals surface area (Å²) >= 11 is 0. The summed E-state index contributed by atoms with van der Waals surface area (Å²) in [5.41, 5.74) is 1.96. The SMILES string of the molecule is Cc1ccc(-c2noc(C3CC(O)CN3Cc3cc4ccccc4o3)n2)cc1F. The molecule has 0 aliphatic carbocycles. The quantitative estimate of drug-likeness (QED) is 0.559. The highest BCUT2D eigenvalue weighted by molar-refractivity contribution is 5.77. The van der Waals surface area contributed by atoms with Crippen LogP contribution in [-0.4, -0.2) is 32.8 Å². The number of furan rings is 1. The van der Waals surface area contributed by atoms with Crippen molar-refractivity contribution < 1.29 is 18.4 Å². The van der Waals surface area contributed by atoms with Crippen molar-refractivity contribution in [2.24, 2.45) is 0 Å². The lowest BCUT2D eigenvalue weighted by molar-refractivity contribution is 0.164. The van der Waals surface area contributed by atoms with Crippen LogP contribution in [0.3, 0.4) is 0 Å². The second kappa shape index (κ2) is 7.09. The van der Waals surface area contributed by atoms with Gasteiger partial charge in [-0.05, 0) is 37.1 Å². The van der Waals surface area contributed by atoms with Crippen molar-refractivity contribution in [1.82, 2.24) is 15.0 Å². The number of likely N-dealkylation sites (tertiary alicyclic amines) is 1. The van der Waals surface area contributed by atoms with E-state index in [0.717, 1.165) is 16.7 Å². The van der Waals surface area contributed by atoms with Gasteiger partial charge >= 0.3 is 0 Å². The van der Waals surface area contributed by atoms with E-state index in [9.17, 15) is 9.50 Å². The second-order valence-corrected chi connectivity index (χ2v) is 7.51. The van der Waals surface area contributed by atoms with Gasteiger partial charge in [-0.25, -0.2) is 4.39 Å². The van der Waals surface area contributed by atoms with Crippen LogP contribution in [0.15, 0.2) is 57.5 Å². The molecule has 0 bridgehead atoms. The van der Waals surface area contributed by atoms with Crippen molar-refractivity contribution in [2.45, 2.75) is 32.0 Å². The Morgan fingerprint density at radius 1 is 1.21 bits per heavy atom. The number of benzene rings is 2. The Bertz CT molecular complexity index is 1140. The molecule has 0 saturated carbocycles. The highest BCUT2D eigenvalue weighted by atomic mass is 19.1. The Kier molecular flexibility index (Phi) is 4.41. The minimum atomic E-state index is -0.489. The van der Waals surface area contributed by atoms with Gasteiger partial charge in [0.1, 0.15) is 17.2 Å². The molecule has 1 aliphatic rings. The highest BCUT2D eigenvalue weighted by Crippen LogP contribution is 2.34. The summed E-state index contributed by atoms with van der Waals surface area (Å²) in [4.78, 5) is 6.54. The Morgan fingerprint density at radius 3 is 2.90 bits per heavy atom. The van der Waals surface area contributed by atoms with Crippen LogP contribution in [0, 0.1) is 12.7 Å². The van der Waals surface area contributed by atoms with Gasteiger partial charge in [0.2, 0.25) is 11.7 Å². The molecule has 29 heavy (non-hydrogen) atoms. The van der Waals surface area contributed by atoms with Gasteiger partial charge in [-0.15, -0.1) is 0 Å². The molecule has 148 valence electrons. The van der Waals surface area contributed by atoms with Gasteiger partial charge in [0.15, 0.2) is 0 Å². The fourth-order valence-corrected chi connectivity index (χ4v) is 3.85. The second-order valence-electron chi connectivity index (χ2n) is 7.51. The van der Waals surface area contributed by atoms with E-state index in [0.29, 0.717) is 42.4 Å². The molecule has 2 unspecified atom stereocenters. The number of aliphatic hydroxyl groups is 1. The third-order valence-corrected chi connectivity index (χ3v) is 5.37. The van der Waals surface area contributed by atoms with E-state index in [-0.39, 0.29) is 11.9 Å². The third kappa shape index (κ3) is 3.43. The molecule has 3 heterocycles. The lowest BCUT2D eigenvalue weighted by Crippen LogP contribution is -2.24. The number of para-hydroxylation sites is 1. The normalized spacial score (nSPS) is 20.0. The van der Waals surface area contributed by atoms with Gasteiger partial charge < -0.3 is 14.0 Å². The first-order chi connectivity index (χ1) is 14.1. The average Bonchev–Trinajstić information content (AvgIpc) is 3.41. The first-order valence-corrected chi connectivity index (χ1v) is 9.56. The first-order valence-electron chi connectivity index (χ1n) is 9.56. The Morgan fingerprint density at radius 2 is 2.07 bits per heavy atom. The van der Waals surface area contributed by atoms with Crippen molar-refractivity contribution >= 4 is 11.0 Å². The van der Waals surface area contributed by atoms with E-state index in [2.05, 4.69) is 15.0 Å². The summed E-state index contributed by atoms with van der Waals surface area (Å²) in [5, 5.41) is 15.3. The van der Waals surface area contributed by atoms with Gasteiger partial charge in [-0.3, -0.25) is 4.90 Å². The van der Waals surface area contributed by atoms with Crippen LogP contribution < -0.4 is 0 Å². The molecule has 1 N–H and O–H groups in total. The molecule has 1 fully saturated rings. The predicted molar refractivity (Wildman–Crippen MR) is 104 cm³/mol. The number of halogens is 1. The van der Waals surface area contributed by atoms with E-state index in [1.807, 2.05) is 30.3 Å². The molecule has 1 saturated heterocycles. The Hall–Kier alpha value is -3.03. The number of aryl methyl sites for hydroxylation is 1. The van der Waals surface area contributed by atoms with Crippen LogP contribution in [0.2, 0.25) is 0 Å². The molecular weight excluding hydrogens is 373 g/mol. The summed E-state index contributed by atoms with van der Waals surface area (Å²) in [6, 6.07) is 14.5. The molecule has 4 aromatic rings. The average molecular weight is 393 g/mol. The molecule has 2 aromatic carbocycles. The summed E-state index contributed by atoms with van der Waals surface area (Å²) in [5.74, 6) is 1.25. The smallest absolute Gasteiger partial charge is 0.244 e. The summed E-state index contributed by atoms with van der Waals surface area (Å²) in [6.07, 6.45) is 0.000891. The zero-order valence-electron chi connectivity index (χ0n) is 15.9. The number of aliphatic hydroxyl groups excluding tert-OH is 1. The summed E-state index contributed by atoms with van der Waals surface area (Å²) < 4.78 is 25.3. The maximum Gasteiger partial charge on any atom is 0.244 e. The third-order valence-electron chi connectivity index (χ3n) is 5.37. The van der Waals surface area contributed by atoms with Gasteiger partial charge in [0, 0.05) is 17.5 Å². The van der Waals surface area contributed by atoms with E-state index in [1.54, 1.807) is 19.1 Å². The number of β-amino-alcohol motifs (C(OH)–C–C–N with tert-alkyl or cyclic N) is 1. The summed E-state index contributed by atoms with van der Waals surface area (Å²) in [6.45, 7) is 2.71. The zero-order chi connectivity index (χ0) is 20.0. The lowest BCUT2D eigenvalue weighted by Gasteiger charge is -2.19. The number of hydrogen-bond donors (Lipinski definition) is 1. The standard InChI is InChI=1S/C22H20FN3O3/c1-13-6-7-15(9-18(13)23)21-24-22(29-25-21)19-10-16(27)11-26(19)12-17-8-14-4-2-3-5-20(14)28-17/h2-9,16,19,27H,10-12H2,1H3. The molecule has 0 spiro atoms. The van der Waals surface area contributed by atoms with Crippen LogP contribution >= 0.6 is 0 Å². The van der Waals surface area contributed by atoms with Gasteiger partial charge in [-0.1, -0.05) is 35.5 Å². The van der Waals surface area contributed by atoms with Crippen molar-refractivity contribution in [2.75, 3.05) is 6.54 Å². The van der Waals surface area contributed by atoms with Gasteiger partial charge in [0.05, 0.1) is 18.7 Å². The van der Waals surface area contributed by atoms with E-state index in [1.165, 1.54) is 6.07 Å². The van der Waals surface area contributed by atoms with Crippen LogP contribution in [0.4, 0.5) is 4.39 Å². The predicted octanol–water partition coefficient (Wildman–Crippen LogP) is 4.24. The van der Waals surface area contributed by atoms with Crippen LogP contribution in [0.25, 0.3) is 22.4 Å². The first kappa shape index (κ1) is 18.0. The molecule has 2 aromatic heterocycles. The molecule has 5 rings (SSSR count). The van der Waals surface area contributed by atoms with E-state index >= 15 is 0 Å². The van der Waals surface area contributed by atoms with Crippen molar-refractivity contribution in [1.29, 1.82) is 0 Å². The Labute approximate surface area is 166 Å². The molecule has 6 nitrogen and oxygen atoms in total. The van der Waals surface area contributed by atoms with Crippen LogP contribution in [-0.2, 0) is 6.54 Å². The van der Waals surface area contributed by atoms with Crippen LogP contribution in [0.1, 0.15) is 29.7 Å². The monoisotopic (exact) mass is 393 g/mol. The van der Waals surface area contributed by atoms with E-state index < -0.39 is 6.10 Å². The van der Waals surface area contributed by atoms with Gasteiger partial charge in [-0.2, -0.15) is 4.98 Å². The van der Waals surface area contributed by atoms with Crippen molar-refractivity contribution in [3.8, 4) is 11.4 Å². The van der Waals surface area contributed by atoms with Crippen LogP contribution in [0.5, 0.6) is 0 Å². The number of aromatic nitrogens is 2. The zero-order valence-corrected chi connectivity index (χ0v) is 15.9. The summed E-state index contributed by atoms with van der Waals surface area (Å²) in [7, 11) is 0. The number of fused-ring (bicyclic) bond motifs is 1. The molecule has 0 amide bonds. The Balaban J connectivity index is 1.40. The molecule has 7 heteroatoms. The number of hydrogen-bond acceptors (Lipinski definition) is 6. The fraction of sp³-hybridized carbons (Fsp3) is 0.273. The van der Waals surface area contributed by atoms with Crippen molar-refractivity contribution in [3.05, 3.63) is 71.6 Å². The minimum absolute atomic E-state index is 0.227. The highest BCUT2D eigenvalue weighted by Gasteiger charge is 2.36. The molecule has 0 radical (unpaired) electrons. The van der Waals surface area contributed by atoms with E-state index in [4.69, 9.17) is 8.94 Å². The maximum absolute atomic E-state index is 13.9. The molecular formula is C22H20FN3O3. The molecule has 2 atom stereocenters. The lowest BCUT2D eigenvalue weighted by atomic mass is 10.1. The number of rotatable bonds is 4.